The number of methoxy groups -OCH3 is 1. The Hall–Kier alpha value is -0.610. The molecule has 1 aliphatic heterocycles. The van der Waals surface area contributed by atoms with Gasteiger partial charge in [0.2, 0.25) is 0 Å². The normalized spacial score (nSPS) is 20.3. The summed E-state index contributed by atoms with van der Waals surface area (Å²) in [7, 11) is 1.73. The molecule has 0 amide bonds. The molecule has 1 atom stereocenters. The van der Waals surface area contributed by atoms with E-state index < -0.39 is 0 Å². The van der Waals surface area contributed by atoms with Crippen LogP contribution in [0.1, 0.15) is 29.7 Å². The molecule has 1 aromatic heterocycles. The second-order valence-corrected chi connectivity index (χ2v) is 5.61. The lowest BCUT2D eigenvalue weighted by atomic mass is 10.1. The number of rotatable bonds is 4. The van der Waals surface area contributed by atoms with Crippen molar-refractivity contribution in [3.05, 3.63) is 23.0 Å². The molecule has 2 rings (SSSR count). The van der Waals surface area contributed by atoms with E-state index in [1.165, 1.54) is 24.9 Å². The van der Waals surface area contributed by atoms with Gasteiger partial charge in [0.1, 0.15) is 5.75 Å². The predicted octanol–water partition coefficient (Wildman–Crippen LogP) is 3.07. The maximum Gasteiger partial charge on any atom is 0.128 e. The average molecular weight is 313 g/mol. The fourth-order valence-electron chi connectivity index (χ4n) is 2.70. The quantitative estimate of drug-likeness (QED) is 0.799. The summed E-state index contributed by atoms with van der Waals surface area (Å²) < 4.78 is 5.47. The van der Waals surface area contributed by atoms with Gasteiger partial charge < -0.3 is 4.74 Å². The first-order valence-electron chi connectivity index (χ1n) is 6.46. The molecule has 1 fully saturated rings. The Morgan fingerprint density at radius 3 is 2.94 bits per heavy atom. The predicted molar refractivity (Wildman–Crippen MR) is 77.5 cm³/mol. The molecule has 1 aromatic rings. The van der Waals surface area contributed by atoms with E-state index in [2.05, 4.69) is 32.7 Å². The van der Waals surface area contributed by atoms with Crippen molar-refractivity contribution < 1.29 is 4.74 Å². The Bertz CT molecular complexity index is 423. The second kappa shape index (κ2) is 6.02. The van der Waals surface area contributed by atoms with Crippen LogP contribution in [0.4, 0.5) is 0 Å². The van der Waals surface area contributed by atoms with Crippen LogP contribution in [-0.2, 0) is 6.54 Å². The maximum absolute atomic E-state index is 5.47. The maximum atomic E-state index is 5.47. The number of aromatic nitrogens is 1. The van der Waals surface area contributed by atoms with Crippen LogP contribution >= 0.6 is 15.9 Å². The third-order valence-electron chi connectivity index (χ3n) is 3.78. The Morgan fingerprint density at radius 2 is 2.28 bits per heavy atom. The largest absolute Gasteiger partial charge is 0.496 e. The van der Waals surface area contributed by atoms with Crippen molar-refractivity contribution in [3.63, 3.8) is 0 Å². The van der Waals surface area contributed by atoms with Crippen LogP contribution in [-0.4, -0.2) is 34.9 Å². The van der Waals surface area contributed by atoms with Gasteiger partial charge in [-0.3, -0.25) is 9.88 Å². The molecule has 1 aliphatic rings. The number of likely N-dealkylation sites (tertiary alicyclic amines) is 1. The van der Waals surface area contributed by atoms with Crippen molar-refractivity contribution >= 4 is 15.9 Å². The molecule has 100 valence electrons. The summed E-state index contributed by atoms with van der Waals surface area (Å²) in [6.45, 7) is 6.25. The van der Waals surface area contributed by atoms with Gasteiger partial charge in [-0.15, -0.1) is 0 Å². The molecule has 0 aliphatic carbocycles. The molecule has 0 aromatic carbocycles. The van der Waals surface area contributed by atoms with E-state index in [-0.39, 0.29) is 0 Å². The van der Waals surface area contributed by atoms with Gasteiger partial charge in [0.05, 0.1) is 12.8 Å². The standard InChI is InChI=1S/C14H21BrN2O/c1-10-8-16-13(11(2)14(10)18-3)9-17-6-4-5-12(17)7-15/h8,12H,4-7,9H2,1-3H3. The molecular weight excluding hydrogens is 292 g/mol. The highest BCUT2D eigenvalue weighted by Crippen LogP contribution is 2.27. The number of pyridine rings is 1. The fraction of sp³-hybridized carbons (Fsp3) is 0.643. The SMILES string of the molecule is COc1c(C)cnc(CN2CCCC2CBr)c1C. The molecule has 1 saturated heterocycles. The van der Waals surface area contributed by atoms with Gasteiger partial charge in [0.25, 0.3) is 0 Å². The highest BCUT2D eigenvalue weighted by molar-refractivity contribution is 9.09. The number of halogens is 1. The van der Waals surface area contributed by atoms with Gasteiger partial charge in [-0.1, -0.05) is 15.9 Å². The van der Waals surface area contributed by atoms with Gasteiger partial charge in [-0.05, 0) is 33.2 Å². The Labute approximate surface area is 118 Å². The van der Waals surface area contributed by atoms with E-state index in [0.717, 1.165) is 28.9 Å². The third kappa shape index (κ3) is 2.69. The van der Waals surface area contributed by atoms with Crippen molar-refractivity contribution in [2.45, 2.75) is 39.3 Å². The summed E-state index contributed by atoms with van der Waals surface area (Å²) in [5.74, 6) is 0.981. The molecule has 0 bridgehead atoms. The summed E-state index contributed by atoms with van der Waals surface area (Å²) in [6.07, 6.45) is 4.49. The molecule has 0 spiro atoms. The minimum atomic E-state index is 0.651. The van der Waals surface area contributed by atoms with Crippen LogP contribution in [0.15, 0.2) is 6.20 Å². The molecule has 3 nitrogen and oxygen atoms in total. The van der Waals surface area contributed by atoms with E-state index in [9.17, 15) is 0 Å². The number of alkyl halides is 1. The summed E-state index contributed by atoms with van der Waals surface area (Å²) in [6, 6.07) is 0.651. The van der Waals surface area contributed by atoms with Crippen molar-refractivity contribution in [1.29, 1.82) is 0 Å². The highest BCUT2D eigenvalue weighted by atomic mass is 79.9. The minimum absolute atomic E-state index is 0.651. The molecule has 0 radical (unpaired) electrons. The molecule has 1 unspecified atom stereocenters. The molecule has 0 N–H and O–H groups in total. The lowest BCUT2D eigenvalue weighted by Crippen LogP contribution is -2.30. The Morgan fingerprint density at radius 1 is 1.50 bits per heavy atom. The minimum Gasteiger partial charge on any atom is -0.496 e. The first kappa shape index (κ1) is 13.8. The number of hydrogen-bond acceptors (Lipinski definition) is 3. The van der Waals surface area contributed by atoms with E-state index >= 15 is 0 Å². The van der Waals surface area contributed by atoms with Gasteiger partial charge in [0.15, 0.2) is 0 Å². The molecule has 0 saturated carbocycles. The molecule has 4 heteroatoms. The molecular formula is C14H21BrN2O. The lowest BCUT2D eigenvalue weighted by molar-refractivity contribution is 0.260. The van der Waals surface area contributed by atoms with E-state index in [1.54, 1.807) is 7.11 Å². The Balaban J connectivity index is 2.19. The fourth-order valence-corrected chi connectivity index (χ4v) is 3.43. The first-order valence-corrected chi connectivity index (χ1v) is 7.58. The molecule has 18 heavy (non-hydrogen) atoms. The number of aryl methyl sites for hydroxylation is 1. The summed E-state index contributed by atoms with van der Waals surface area (Å²) in [5.41, 5.74) is 3.43. The zero-order valence-corrected chi connectivity index (χ0v) is 13.0. The van der Waals surface area contributed by atoms with E-state index in [0.29, 0.717) is 6.04 Å². The van der Waals surface area contributed by atoms with Gasteiger partial charge in [-0.2, -0.15) is 0 Å². The zero-order valence-electron chi connectivity index (χ0n) is 11.4. The van der Waals surface area contributed by atoms with Crippen molar-refractivity contribution in [1.82, 2.24) is 9.88 Å². The summed E-state index contributed by atoms with van der Waals surface area (Å²) in [4.78, 5) is 7.09. The van der Waals surface area contributed by atoms with Crippen LogP contribution in [0.25, 0.3) is 0 Å². The van der Waals surface area contributed by atoms with Crippen LogP contribution in [0.3, 0.4) is 0 Å². The number of nitrogens with zero attached hydrogens (tertiary/aromatic N) is 2. The Kier molecular flexibility index (Phi) is 4.62. The lowest BCUT2D eigenvalue weighted by Gasteiger charge is -2.23. The summed E-state index contributed by atoms with van der Waals surface area (Å²) >= 11 is 3.60. The van der Waals surface area contributed by atoms with Gasteiger partial charge in [-0.25, -0.2) is 0 Å². The third-order valence-corrected chi connectivity index (χ3v) is 4.53. The van der Waals surface area contributed by atoms with Gasteiger partial charge in [0, 0.05) is 35.2 Å². The second-order valence-electron chi connectivity index (χ2n) is 4.97. The molecule has 2 heterocycles. The van der Waals surface area contributed by atoms with Crippen molar-refractivity contribution in [2.75, 3.05) is 19.0 Å². The van der Waals surface area contributed by atoms with Crippen LogP contribution in [0, 0.1) is 13.8 Å². The van der Waals surface area contributed by atoms with E-state index in [4.69, 9.17) is 4.74 Å². The van der Waals surface area contributed by atoms with Crippen molar-refractivity contribution in [3.8, 4) is 5.75 Å². The monoisotopic (exact) mass is 312 g/mol. The zero-order chi connectivity index (χ0) is 13.1. The summed E-state index contributed by atoms with van der Waals surface area (Å²) in [5, 5.41) is 1.05. The number of ether oxygens (including phenoxy) is 1. The first-order chi connectivity index (χ1) is 8.67. The van der Waals surface area contributed by atoms with Crippen LogP contribution in [0.2, 0.25) is 0 Å². The van der Waals surface area contributed by atoms with E-state index in [1.807, 2.05) is 13.1 Å². The topological polar surface area (TPSA) is 25.4 Å². The van der Waals surface area contributed by atoms with Crippen LogP contribution < -0.4 is 4.74 Å². The van der Waals surface area contributed by atoms with Crippen molar-refractivity contribution in [2.24, 2.45) is 0 Å². The number of hydrogen-bond donors (Lipinski definition) is 0. The highest BCUT2D eigenvalue weighted by Gasteiger charge is 2.24. The van der Waals surface area contributed by atoms with Crippen LogP contribution in [0.5, 0.6) is 5.75 Å². The average Bonchev–Trinajstić information content (AvgIpc) is 2.81. The van der Waals surface area contributed by atoms with Gasteiger partial charge >= 0.3 is 0 Å². The smallest absolute Gasteiger partial charge is 0.128 e.